The van der Waals surface area contributed by atoms with Crippen molar-refractivity contribution in [2.45, 2.75) is 32.1 Å². The molecule has 2 N–H and O–H groups in total. The first-order valence-electron chi connectivity index (χ1n) is 8.06. The van der Waals surface area contributed by atoms with Gasteiger partial charge in [0.15, 0.2) is 5.82 Å². The number of benzene rings is 1. The monoisotopic (exact) mass is 338 g/mol. The van der Waals surface area contributed by atoms with Crippen molar-refractivity contribution in [1.82, 2.24) is 15.2 Å². The number of aromatic nitrogens is 3. The lowest BCUT2D eigenvalue weighted by Crippen LogP contribution is -2.15. The lowest BCUT2D eigenvalue weighted by molar-refractivity contribution is -0.115. The maximum atomic E-state index is 12.3. The third kappa shape index (κ3) is 3.23. The van der Waals surface area contributed by atoms with Crippen LogP contribution in [0.15, 0.2) is 36.4 Å². The van der Waals surface area contributed by atoms with Gasteiger partial charge in [0.05, 0.1) is 12.1 Å². The number of hydrogen-bond acceptors (Lipinski definition) is 4. The molecule has 5 nitrogen and oxygen atoms in total. The maximum Gasteiger partial charge on any atom is 0.231 e. The largest absolute Gasteiger partial charge is 0.309 e. The van der Waals surface area contributed by atoms with E-state index in [4.69, 9.17) is 0 Å². The predicted molar refractivity (Wildman–Crippen MR) is 95.2 cm³/mol. The van der Waals surface area contributed by atoms with Gasteiger partial charge in [-0.25, -0.2) is 4.98 Å². The van der Waals surface area contributed by atoms with Gasteiger partial charge in [0.2, 0.25) is 5.91 Å². The Hall–Kier alpha value is -2.47. The van der Waals surface area contributed by atoms with E-state index >= 15 is 0 Å². The fourth-order valence-electron chi connectivity index (χ4n) is 2.64. The number of aromatic amines is 1. The summed E-state index contributed by atoms with van der Waals surface area (Å²) in [4.78, 5) is 18.0. The lowest BCUT2D eigenvalue weighted by atomic mass is 10.2. The van der Waals surface area contributed by atoms with E-state index in [0.29, 0.717) is 11.7 Å². The zero-order chi connectivity index (χ0) is 16.5. The minimum Gasteiger partial charge on any atom is -0.309 e. The van der Waals surface area contributed by atoms with Crippen LogP contribution in [0, 0.1) is 6.92 Å². The van der Waals surface area contributed by atoms with Crippen molar-refractivity contribution in [2.75, 3.05) is 5.32 Å². The number of nitrogens with zero attached hydrogens (tertiary/aromatic N) is 2. The molecule has 6 heteroatoms. The molecule has 4 rings (SSSR count). The first kappa shape index (κ1) is 15.1. The van der Waals surface area contributed by atoms with Gasteiger partial charge < -0.3 is 5.32 Å². The van der Waals surface area contributed by atoms with Crippen LogP contribution in [0.25, 0.3) is 10.6 Å². The van der Waals surface area contributed by atoms with Gasteiger partial charge in [-0.1, -0.05) is 30.3 Å². The molecular weight excluding hydrogens is 320 g/mol. The molecule has 0 bridgehead atoms. The zero-order valence-electron chi connectivity index (χ0n) is 13.4. The number of rotatable bonds is 5. The van der Waals surface area contributed by atoms with Gasteiger partial charge in [-0.15, -0.1) is 11.3 Å². The standard InChI is InChI=1S/C18H18N4OS/c1-11-14(19-18(24-11)13-5-3-2-4-6-13)10-17(23)20-16-9-15(21-22-16)12-7-8-12/h2-6,9,12H,7-8,10H2,1H3,(H2,20,21,22,23). The molecule has 0 atom stereocenters. The average Bonchev–Trinajstić information content (AvgIpc) is 3.23. The Bertz CT molecular complexity index is 864. The van der Waals surface area contributed by atoms with Gasteiger partial charge >= 0.3 is 0 Å². The smallest absolute Gasteiger partial charge is 0.231 e. The molecule has 0 radical (unpaired) electrons. The van der Waals surface area contributed by atoms with Crippen LogP contribution < -0.4 is 5.32 Å². The van der Waals surface area contributed by atoms with E-state index < -0.39 is 0 Å². The first-order valence-corrected chi connectivity index (χ1v) is 8.87. The average molecular weight is 338 g/mol. The molecule has 1 fully saturated rings. The number of carbonyl (C=O) groups is 1. The highest BCUT2D eigenvalue weighted by atomic mass is 32.1. The second kappa shape index (κ2) is 6.20. The van der Waals surface area contributed by atoms with Crippen LogP contribution in [0.2, 0.25) is 0 Å². The van der Waals surface area contributed by atoms with Gasteiger partial charge in [0.25, 0.3) is 0 Å². The van der Waals surface area contributed by atoms with Crippen molar-refractivity contribution in [2.24, 2.45) is 0 Å². The number of hydrogen-bond donors (Lipinski definition) is 2. The van der Waals surface area contributed by atoms with Crippen molar-refractivity contribution in [3.05, 3.63) is 52.7 Å². The van der Waals surface area contributed by atoms with E-state index in [1.807, 2.05) is 43.3 Å². The minimum absolute atomic E-state index is 0.0862. The van der Waals surface area contributed by atoms with Crippen LogP contribution in [0.5, 0.6) is 0 Å². The van der Waals surface area contributed by atoms with E-state index in [2.05, 4.69) is 20.5 Å². The summed E-state index contributed by atoms with van der Waals surface area (Å²) in [5.41, 5.74) is 3.02. The van der Waals surface area contributed by atoms with Crippen LogP contribution >= 0.6 is 11.3 Å². The third-order valence-corrected chi connectivity index (χ3v) is 5.19. The molecule has 1 amide bonds. The maximum absolute atomic E-state index is 12.3. The minimum atomic E-state index is -0.0862. The highest BCUT2D eigenvalue weighted by molar-refractivity contribution is 7.15. The Kier molecular flexibility index (Phi) is 3.90. The molecule has 0 spiro atoms. The Balaban J connectivity index is 1.44. The van der Waals surface area contributed by atoms with Gasteiger partial charge in [0.1, 0.15) is 5.01 Å². The molecule has 1 aliphatic rings. The SMILES string of the molecule is Cc1sc(-c2ccccc2)nc1CC(=O)Nc1cc(C2CC2)[nH]n1. The number of aryl methyl sites for hydroxylation is 1. The Morgan fingerprint density at radius 2 is 2.12 bits per heavy atom. The van der Waals surface area contributed by atoms with Gasteiger partial charge in [0, 0.05) is 28.1 Å². The number of amides is 1. The summed E-state index contributed by atoms with van der Waals surface area (Å²) in [7, 11) is 0. The van der Waals surface area contributed by atoms with Crippen molar-refractivity contribution in [3.63, 3.8) is 0 Å². The van der Waals surface area contributed by atoms with Gasteiger partial charge in [-0.05, 0) is 19.8 Å². The zero-order valence-corrected chi connectivity index (χ0v) is 14.2. The van der Waals surface area contributed by atoms with Crippen LogP contribution in [-0.2, 0) is 11.2 Å². The molecule has 1 aliphatic carbocycles. The molecule has 2 aromatic heterocycles. The molecule has 2 heterocycles. The van der Waals surface area contributed by atoms with E-state index in [1.54, 1.807) is 11.3 Å². The first-order chi connectivity index (χ1) is 11.7. The summed E-state index contributed by atoms with van der Waals surface area (Å²) in [6.45, 7) is 2.01. The topological polar surface area (TPSA) is 70.7 Å². The van der Waals surface area contributed by atoms with Crippen LogP contribution in [0.4, 0.5) is 5.82 Å². The quantitative estimate of drug-likeness (QED) is 0.741. The molecule has 3 aromatic rings. The van der Waals surface area contributed by atoms with Gasteiger partial charge in [-0.3, -0.25) is 9.89 Å². The van der Waals surface area contributed by atoms with E-state index in [9.17, 15) is 4.79 Å². The highest BCUT2D eigenvalue weighted by Gasteiger charge is 2.25. The number of H-pyrrole nitrogens is 1. The molecule has 0 aliphatic heterocycles. The lowest BCUT2D eigenvalue weighted by Gasteiger charge is -2.00. The summed E-state index contributed by atoms with van der Waals surface area (Å²) in [6.07, 6.45) is 2.67. The fourth-order valence-corrected chi connectivity index (χ4v) is 3.57. The number of thiazole rings is 1. The number of anilines is 1. The van der Waals surface area contributed by atoms with Crippen molar-refractivity contribution in [1.29, 1.82) is 0 Å². The van der Waals surface area contributed by atoms with Crippen molar-refractivity contribution < 1.29 is 4.79 Å². The molecular formula is C18H18N4OS. The molecule has 0 saturated heterocycles. The number of carbonyl (C=O) groups excluding carboxylic acids is 1. The van der Waals surface area contributed by atoms with E-state index in [0.717, 1.165) is 26.8 Å². The van der Waals surface area contributed by atoms with E-state index in [1.165, 1.54) is 12.8 Å². The fraction of sp³-hybridized carbons (Fsp3) is 0.278. The van der Waals surface area contributed by atoms with Crippen LogP contribution in [0.3, 0.4) is 0 Å². The summed E-state index contributed by atoms with van der Waals surface area (Å²) in [6, 6.07) is 12.0. The molecule has 122 valence electrons. The Morgan fingerprint density at radius 1 is 1.33 bits per heavy atom. The summed E-state index contributed by atoms with van der Waals surface area (Å²) in [5.74, 6) is 1.10. The molecule has 0 unspecified atom stereocenters. The Morgan fingerprint density at radius 3 is 2.88 bits per heavy atom. The normalized spacial score (nSPS) is 13.9. The summed E-state index contributed by atoms with van der Waals surface area (Å²) in [5, 5.41) is 11.0. The highest BCUT2D eigenvalue weighted by Crippen LogP contribution is 2.39. The molecule has 1 aromatic carbocycles. The second-order valence-corrected chi connectivity index (χ2v) is 7.30. The van der Waals surface area contributed by atoms with Gasteiger partial charge in [-0.2, -0.15) is 5.10 Å². The predicted octanol–water partition coefficient (Wildman–Crippen LogP) is 3.90. The van der Waals surface area contributed by atoms with Crippen molar-refractivity contribution in [3.8, 4) is 10.6 Å². The summed E-state index contributed by atoms with van der Waals surface area (Å²) < 4.78 is 0. The molecule has 1 saturated carbocycles. The number of nitrogens with one attached hydrogen (secondary N) is 2. The molecule has 24 heavy (non-hydrogen) atoms. The second-order valence-electron chi connectivity index (χ2n) is 6.10. The summed E-state index contributed by atoms with van der Waals surface area (Å²) >= 11 is 1.62. The van der Waals surface area contributed by atoms with Crippen LogP contribution in [-0.4, -0.2) is 21.1 Å². The third-order valence-electron chi connectivity index (χ3n) is 4.12. The Labute approximate surface area is 144 Å². The van der Waals surface area contributed by atoms with Crippen molar-refractivity contribution >= 4 is 23.1 Å². The van der Waals surface area contributed by atoms with Crippen LogP contribution in [0.1, 0.15) is 35.0 Å². The van der Waals surface area contributed by atoms with E-state index in [-0.39, 0.29) is 12.3 Å².